The first-order valence-corrected chi connectivity index (χ1v) is 7.58. The third-order valence-electron chi connectivity index (χ3n) is 3.73. The Morgan fingerprint density at radius 1 is 1.00 bits per heavy atom. The van der Waals surface area contributed by atoms with Crippen LogP contribution in [0, 0.1) is 5.82 Å². The number of nitrogens with two attached hydrogens (primary N) is 1. The van der Waals surface area contributed by atoms with Crippen molar-refractivity contribution >= 4 is 5.69 Å². The van der Waals surface area contributed by atoms with Crippen molar-refractivity contribution in [3.63, 3.8) is 0 Å². The molecule has 1 heterocycles. The molecule has 0 fully saturated rings. The highest BCUT2D eigenvalue weighted by molar-refractivity contribution is 5.54. The largest absolute Gasteiger partial charge is 0.457 e. The lowest BCUT2D eigenvalue weighted by molar-refractivity contribution is 0.482. The number of ether oxygens (including phenoxy) is 1. The first-order valence-electron chi connectivity index (χ1n) is 7.58. The molecule has 3 aromatic rings. The number of nitrogens with one attached hydrogen (secondary N) is 1. The van der Waals surface area contributed by atoms with Crippen LogP contribution in [-0.2, 0) is 0 Å². The van der Waals surface area contributed by atoms with E-state index in [9.17, 15) is 4.39 Å². The highest BCUT2D eigenvalue weighted by Crippen LogP contribution is 2.29. The van der Waals surface area contributed by atoms with Gasteiger partial charge in [0.1, 0.15) is 11.5 Å². The predicted molar refractivity (Wildman–Crippen MR) is 92.7 cm³/mol. The molecule has 0 saturated heterocycles. The zero-order valence-corrected chi connectivity index (χ0v) is 13.2. The third-order valence-corrected chi connectivity index (χ3v) is 3.73. The Hall–Kier alpha value is -2.92. The molecule has 3 N–H and O–H groups in total. The normalized spacial score (nSPS) is 11.8. The first-order chi connectivity index (χ1) is 11.7. The maximum Gasteiger partial charge on any atom is 0.164 e. The Morgan fingerprint density at radius 2 is 1.67 bits per heavy atom. The average Bonchev–Trinajstić information content (AvgIpc) is 2.62. The van der Waals surface area contributed by atoms with Crippen LogP contribution in [0.5, 0.6) is 11.5 Å². The van der Waals surface area contributed by atoms with Crippen LogP contribution >= 0.6 is 0 Å². The minimum atomic E-state index is -0.485. The van der Waals surface area contributed by atoms with Crippen molar-refractivity contribution in [1.29, 1.82) is 0 Å². The highest BCUT2D eigenvalue weighted by Gasteiger charge is 2.16. The van der Waals surface area contributed by atoms with Gasteiger partial charge in [0.25, 0.3) is 0 Å². The van der Waals surface area contributed by atoms with Crippen LogP contribution < -0.4 is 15.8 Å². The monoisotopic (exact) mass is 323 g/mol. The van der Waals surface area contributed by atoms with Gasteiger partial charge in [-0.15, -0.1) is 0 Å². The smallest absolute Gasteiger partial charge is 0.164 e. The molecule has 0 aliphatic heterocycles. The van der Waals surface area contributed by atoms with Crippen LogP contribution in [0.25, 0.3) is 0 Å². The quantitative estimate of drug-likeness (QED) is 0.742. The molecule has 0 aliphatic carbocycles. The zero-order valence-electron chi connectivity index (χ0n) is 13.2. The lowest BCUT2D eigenvalue weighted by atomic mass is 9.99. The number of nitrogens with zero attached hydrogens (tertiary/aromatic N) is 1. The van der Waals surface area contributed by atoms with Gasteiger partial charge in [-0.2, -0.15) is 0 Å². The number of para-hydroxylation sites is 1. The van der Waals surface area contributed by atoms with E-state index < -0.39 is 11.9 Å². The molecule has 24 heavy (non-hydrogen) atoms. The van der Waals surface area contributed by atoms with E-state index in [1.807, 2.05) is 54.6 Å². The van der Waals surface area contributed by atoms with E-state index in [2.05, 4.69) is 10.3 Å². The summed E-state index contributed by atoms with van der Waals surface area (Å²) in [6.45, 7) is 0. The lowest BCUT2D eigenvalue weighted by Gasteiger charge is -2.17. The molecule has 1 aromatic heterocycles. The van der Waals surface area contributed by atoms with Crippen molar-refractivity contribution in [3.05, 3.63) is 83.9 Å². The summed E-state index contributed by atoms with van der Waals surface area (Å²) in [6, 6.07) is 16.5. The van der Waals surface area contributed by atoms with E-state index in [0.29, 0.717) is 17.0 Å². The fourth-order valence-electron chi connectivity index (χ4n) is 2.50. The van der Waals surface area contributed by atoms with Gasteiger partial charge in [-0.05, 0) is 29.8 Å². The minimum Gasteiger partial charge on any atom is -0.457 e. The van der Waals surface area contributed by atoms with Crippen molar-refractivity contribution in [2.45, 2.75) is 6.04 Å². The molecule has 1 unspecified atom stereocenters. The number of hydrogen-bond donors (Lipinski definition) is 2. The molecule has 3 rings (SSSR count). The van der Waals surface area contributed by atoms with E-state index in [-0.39, 0.29) is 0 Å². The molecular formula is C19H18FN3O. The van der Waals surface area contributed by atoms with E-state index in [1.165, 1.54) is 6.20 Å². The van der Waals surface area contributed by atoms with E-state index in [4.69, 9.17) is 10.5 Å². The number of halogens is 1. The zero-order chi connectivity index (χ0) is 16.9. The predicted octanol–water partition coefficient (Wildman–Crippen LogP) is 4.10. The van der Waals surface area contributed by atoms with Crippen LogP contribution in [-0.4, -0.2) is 12.0 Å². The fourth-order valence-corrected chi connectivity index (χ4v) is 2.50. The van der Waals surface area contributed by atoms with Gasteiger partial charge in [-0.1, -0.05) is 30.3 Å². The van der Waals surface area contributed by atoms with Crippen LogP contribution in [0.4, 0.5) is 10.1 Å². The molecule has 0 spiro atoms. The summed E-state index contributed by atoms with van der Waals surface area (Å²) in [4.78, 5) is 3.89. The van der Waals surface area contributed by atoms with Gasteiger partial charge in [-0.25, -0.2) is 4.39 Å². The summed E-state index contributed by atoms with van der Waals surface area (Å²) in [5.74, 6) is 1.05. The number of benzene rings is 2. The summed E-state index contributed by atoms with van der Waals surface area (Å²) in [7, 11) is 1.66. The Bertz CT molecular complexity index is 807. The maximum atomic E-state index is 13.8. The van der Waals surface area contributed by atoms with Crippen molar-refractivity contribution in [3.8, 4) is 11.5 Å². The van der Waals surface area contributed by atoms with Crippen molar-refractivity contribution in [2.75, 3.05) is 12.4 Å². The van der Waals surface area contributed by atoms with Gasteiger partial charge < -0.3 is 15.8 Å². The number of aromatic nitrogens is 1. The Kier molecular flexibility index (Phi) is 4.72. The third kappa shape index (κ3) is 3.36. The molecule has 0 amide bonds. The summed E-state index contributed by atoms with van der Waals surface area (Å²) in [5, 5.41) is 2.84. The fraction of sp³-hybridized carbons (Fsp3) is 0.105. The summed E-state index contributed by atoms with van der Waals surface area (Å²) >= 11 is 0. The Morgan fingerprint density at radius 3 is 2.33 bits per heavy atom. The van der Waals surface area contributed by atoms with E-state index in [1.54, 1.807) is 13.2 Å². The van der Waals surface area contributed by atoms with Crippen molar-refractivity contribution in [1.82, 2.24) is 4.98 Å². The van der Waals surface area contributed by atoms with Crippen LogP contribution in [0.1, 0.15) is 17.2 Å². The lowest BCUT2D eigenvalue weighted by Crippen LogP contribution is -2.15. The van der Waals surface area contributed by atoms with Gasteiger partial charge in [-0.3, -0.25) is 4.98 Å². The molecule has 122 valence electrons. The minimum absolute atomic E-state index is 0.363. The summed E-state index contributed by atoms with van der Waals surface area (Å²) in [5.41, 5.74) is 8.09. The van der Waals surface area contributed by atoms with Gasteiger partial charge in [0.05, 0.1) is 17.9 Å². The first kappa shape index (κ1) is 16.0. The summed E-state index contributed by atoms with van der Waals surface area (Å²) in [6.07, 6.45) is 2.74. The Balaban J connectivity index is 1.82. The van der Waals surface area contributed by atoms with Gasteiger partial charge in [0.2, 0.25) is 0 Å². The molecule has 2 aromatic carbocycles. The van der Waals surface area contributed by atoms with E-state index >= 15 is 0 Å². The molecular weight excluding hydrogens is 305 g/mol. The second-order valence-electron chi connectivity index (χ2n) is 5.30. The number of rotatable bonds is 5. The second kappa shape index (κ2) is 7.10. The topological polar surface area (TPSA) is 60.2 Å². The number of pyridine rings is 1. The molecule has 0 saturated carbocycles. The van der Waals surface area contributed by atoms with Gasteiger partial charge in [0, 0.05) is 18.8 Å². The van der Waals surface area contributed by atoms with Crippen LogP contribution in [0.15, 0.2) is 67.0 Å². The molecule has 5 heteroatoms. The Labute approximate surface area is 140 Å². The molecule has 0 radical (unpaired) electrons. The standard InChI is InChI=1S/C19H18FN3O/c1-22-19-16(11-23-12-17(19)20)18(21)13-7-9-15(10-8-13)24-14-5-3-2-4-6-14/h2-12,18H,21H2,1H3,(H,22,23). The average molecular weight is 323 g/mol. The second-order valence-corrected chi connectivity index (χ2v) is 5.30. The molecule has 4 nitrogen and oxygen atoms in total. The van der Waals surface area contributed by atoms with E-state index in [0.717, 1.165) is 11.3 Å². The molecule has 1 atom stereocenters. The van der Waals surface area contributed by atoms with Crippen molar-refractivity contribution < 1.29 is 9.13 Å². The number of anilines is 1. The van der Waals surface area contributed by atoms with Crippen LogP contribution in [0.3, 0.4) is 0 Å². The van der Waals surface area contributed by atoms with Gasteiger partial charge >= 0.3 is 0 Å². The molecule has 0 bridgehead atoms. The maximum absolute atomic E-state index is 13.8. The number of hydrogen-bond acceptors (Lipinski definition) is 4. The van der Waals surface area contributed by atoms with Crippen molar-refractivity contribution in [2.24, 2.45) is 5.73 Å². The highest BCUT2D eigenvalue weighted by atomic mass is 19.1. The molecule has 0 aliphatic rings. The van der Waals surface area contributed by atoms with Gasteiger partial charge in [0.15, 0.2) is 5.82 Å². The SMILES string of the molecule is CNc1c(F)cncc1C(N)c1ccc(Oc2ccccc2)cc1. The van der Waals surface area contributed by atoms with Crippen LogP contribution in [0.2, 0.25) is 0 Å². The summed E-state index contributed by atoms with van der Waals surface area (Å²) < 4.78 is 19.6.